The molecule has 5 heteroatoms. The molecule has 0 spiro atoms. The number of hydrogen-bond donors (Lipinski definition) is 0. The summed E-state index contributed by atoms with van der Waals surface area (Å²) >= 11 is 0. The van der Waals surface area contributed by atoms with Crippen molar-refractivity contribution in [3.05, 3.63) is 66.0 Å². The van der Waals surface area contributed by atoms with Crippen LogP contribution in [0.4, 0.5) is 5.69 Å². The van der Waals surface area contributed by atoms with Gasteiger partial charge in [-0.05, 0) is 43.7 Å². The number of fused-ring (bicyclic) bond motifs is 1. The molecule has 1 fully saturated rings. The number of hydrogen-bond acceptors (Lipinski definition) is 3. The second-order valence-corrected chi connectivity index (χ2v) is 6.66. The van der Waals surface area contributed by atoms with Crippen LogP contribution in [0.3, 0.4) is 0 Å². The summed E-state index contributed by atoms with van der Waals surface area (Å²) in [4.78, 5) is 17.4. The summed E-state index contributed by atoms with van der Waals surface area (Å²) in [6, 6.07) is 16.2. The first kappa shape index (κ1) is 15.7. The maximum absolute atomic E-state index is 13.1. The molecule has 0 radical (unpaired) electrons. The number of piperazine rings is 1. The van der Waals surface area contributed by atoms with E-state index in [9.17, 15) is 4.79 Å². The van der Waals surface area contributed by atoms with Crippen LogP contribution in [0.5, 0.6) is 0 Å². The number of carbonyl (C=O) groups is 1. The number of rotatable bonds is 2. The van der Waals surface area contributed by atoms with Crippen molar-refractivity contribution in [2.75, 3.05) is 24.5 Å². The predicted molar refractivity (Wildman–Crippen MR) is 99.1 cm³/mol. The Kier molecular flexibility index (Phi) is 3.92. The Hall–Kier alpha value is -2.82. The number of aryl methyl sites for hydroxylation is 1. The zero-order chi connectivity index (χ0) is 17.4. The highest BCUT2D eigenvalue weighted by molar-refractivity contribution is 5.93. The third-order valence-electron chi connectivity index (χ3n) is 4.98. The van der Waals surface area contributed by atoms with E-state index in [0.717, 1.165) is 18.6 Å². The number of aromatic nitrogens is 2. The number of anilines is 1. The van der Waals surface area contributed by atoms with Crippen LogP contribution in [0, 0.1) is 6.92 Å². The van der Waals surface area contributed by atoms with Gasteiger partial charge in [0.15, 0.2) is 0 Å². The summed E-state index contributed by atoms with van der Waals surface area (Å²) < 4.78 is 1.72. The van der Waals surface area contributed by atoms with Gasteiger partial charge in [-0.2, -0.15) is 5.10 Å². The number of pyridine rings is 1. The number of para-hydroxylation sites is 1. The third-order valence-corrected chi connectivity index (χ3v) is 4.98. The molecule has 4 rings (SSSR count). The quantitative estimate of drug-likeness (QED) is 0.723. The molecule has 128 valence electrons. The minimum absolute atomic E-state index is 0.0474. The van der Waals surface area contributed by atoms with Crippen LogP contribution < -0.4 is 4.90 Å². The Morgan fingerprint density at radius 3 is 2.72 bits per heavy atom. The van der Waals surface area contributed by atoms with E-state index in [-0.39, 0.29) is 11.9 Å². The second kappa shape index (κ2) is 6.24. The summed E-state index contributed by atoms with van der Waals surface area (Å²) in [5, 5.41) is 4.29. The molecular formula is C20H22N4O. The molecule has 5 nitrogen and oxygen atoms in total. The summed E-state index contributed by atoms with van der Waals surface area (Å²) in [5.74, 6) is 0.0474. The van der Waals surface area contributed by atoms with E-state index in [2.05, 4.69) is 48.1 Å². The maximum atomic E-state index is 13.1. The van der Waals surface area contributed by atoms with Gasteiger partial charge in [0.05, 0.1) is 11.7 Å². The van der Waals surface area contributed by atoms with Crippen molar-refractivity contribution in [1.82, 2.24) is 14.5 Å². The minimum Gasteiger partial charge on any atom is -0.367 e. The average molecular weight is 334 g/mol. The lowest BCUT2D eigenvalue weighted by Gasteiger charge is -2.41. The lowest BCUT2D eigenvalue weighted by molar-refractivity contribution is 0.0665. The Balaban J connectivity index is 1.56. The van der Waals surface area contributed by atoms with E-state index >= 15 is 0 Å². The van der Waals surface area contributed by atoms with E-state index in [0.29, 0.717) is 12.2 Å². The van der Waals surface area contributed by atoms with Crippen LogP contribution in [0.1, 0.15) is 23.0 Å². The topological polar surface area (TPSA) is 40.8 Å². The molecule has 0 N–H and O–H groups in total. The maximum Gasteiger partial charge on any atom is 0.272 e. The lowest BCUT2D eigenvalue weighted by Crippen LogP contribution is -2.54. The highest BCUT2D eigenvalue weighted by Gasteiger charge is 2.29. The molecule has 3 heterocycles. The molecule has 0 bridgehead atoms. The van der Waals surface area contributed by atoms with Crippen molar-refractivity contribution in [2.24, 2.45) is 0 Å². The fraction of sp³-hybridized carbons (Fsp3) is 0.300. The van der Waals surface area contributed by atoms with Crippen LogP contribution in [0.15, 0.2) is 54.7 Å². The first-order valence-corrected chi connectivity index (χ1v) is 8.69. The third kappa shape index (κ3) is 2.76. The molecule has 1 amide bonds. The van der Waals surface area contributed by atoms with Crippen LogP contribution in [-0.2, 0) is 0 Å². The SMILES string of the molecule is Cc1ccccc1N1CCN(C(=O)c2cccc3ccnn23)[C@@H](C)C1. The number of benzene rings is 1. The van der Waals surface area contributed by atoms with Gasteiger partial charge in [-0.3, -0.25) is 4.79 Å². The standard InChI is InChI=1S/C20H22N4O/c1-15-6-3-4-8-18(15)22-12-13-23(16(2)14-22)20(25)19-9-5-7-17-10-11-21-24(17)19/h3-11,16H,12-14H2,1-2H3/t16-/m0/s1. The minimum atomic E-state index is 0.0474. The van der Waals surface area contributed by atoms with Gasteiger partial charge in [0.25, 0.3) is 5.91 Å². The molecular weight excluding hydrogens is 312 g/mol. The molecule has 1 atom stereocenters. The molecule has 1 aliphatic rings. The normalized spacial score (nSPS) is 17.9. The second-order valence-electron chi connectivity index (χ2n) is 6.66. The zero-order valence-electron chi connectivity index (χ0n) is 14.6. The Morgan fingerprint density at radius 2 is 1.92 bits per heavy atom. The smallest absolute Gasteiger partial charge is 0.272 e. The van der Waals surface area contributed by atoms with Crippen molar-refractivity contribution < 1.29 is 4.79 Å². The summed E-state index contributed by atoms with van der Waals surface area (Å²) in [6.45, 7) is 6.65. The van der Waals surface area contributed by atoms with Crippen LogP contribution in [0.25, 0.3) is 5.52 Å². The number of amides is 1. The average Bonchev–Trinajstić information content (AvgIpc) is 3.10. The van der Waals surface area contributed by atoms with E-state index in [4.69, 9.17) is 0 Å². The Labute approximate surface area is 147 Å². The van der Waals surface area contributed by atoms with Crippen LogP contribution in [-0.4, -0.2) is 46.1 Å². The van der Waals surface area contributed by atoms with E-state index in [1.54, 1.807) is 10.7 Å². The van der Waals surface area contributed by atoms with Gasteiger partial charge in [-0.25, -0.2) is 4.52 Å². The van der Waals surface area contributed by atoms with Gasteiger partial charge >= 0.3 is 0 Å². The van der Waals surface area contributed by atoms with Gasteiger partial charge in [-0.15, -0.1) is 0 Å². The van der Waals surface area contributed by atoms with Crippen LogP contribution >= 0.6 is 0 Å². The van der Waals surface area contributed by atoms with Gasteiger partial charge in [0, 0.05) is 31.4 Å². The van der Waals surface area contributed by atoms with Crippen molar-refractivity contribution in [1.29, 1.82) is 0 Å². The molecule has 0 saturated carbocycles. The van der Waals surface area contributed by atoms with Gasteiger partial charge in [0.1, 0.15) is 5.69 Å². The van der Waals surface area contributed by atoms with Gasteiger partial charge in [-0.1, -0.05) is 24.3 Å². The molecule has 3 aromatic rings. The van der Waals surface area contributed by atoms with E-state index < -0.39 is 0 Å². The van der Waals surface area contributed by atoms with E-state index in [1.165, 1.54) is 11.3 Å². The summed E-state index contributed by atoms with van der Waals surface area (Å²) in [6.07, 6.45) is 1.73. The van der Waals surface area contributed by atoms with Crippen molar-refractivity contribution in [2.45, 2.75) is 19.9 Å². The first-order valence-electron chi connectivity index (χ1n) is 8.69. The Morgan fingerprint density at radius 1 is 1.08 bits per heavy atom. The summed E-state index contributed by atoms with van der Waals surface area (Å²) in [5.41, 5.74) is 4.10. The molecule has 2 aromatic heterocycles. The first-order chi connectivity index (χ1) is 12.1. The molecule has 0 unspecified atom stereocenters. The van der Waals surface area contributed by atoms with Crippen molar-refractivity contribution in [3.8, 4) is 0 Å². The van der Waals surface area contributed by atoms with Gasteiger partial charge in [0.2, 0.25) is 0 Å². The van der Waals surface area contributed by atoms with E-state index in [1.807, 2.05) is 29.2 Å². The number of carbonyl (C=O) groups excluding carboxylic acids is 1. The molecule has 1 saturated heterocycles. The highest BCUT2D eigenvalue weighted by atomic mass is 16.2. The largest absolute Gasteiger partial charge is 0.367 e. The van der Waals surface area contributed by atoms with Crippen molar-refractivity contribution >= 4 is 17.1 Å². The van der Waals surface area contributed by atoms with Gasteiger partial charge < -0.3 is 9.80 Å². The summed E-state index contributed by atoms with van der Waals surface area (Å²) in [7, 11) is 0. The number of nitrogens with zero attached hydrogens (tertiary/aromatic N) is 4. The fourth-order valence-electron chi connectivity index (χ4n) is 3.65. The highest BCUT2D eigenvalue weighted by Crippen LogP contribution is 2.23. The monoisotopic (exact) mass is 334 g/mol. The molecule has 1 aliphatic heterocycles. The molecule has 25 heavy (non-hydrogen) atoms. The predicted octanol–water partition coefficient (Wildman–Crippen LogP) is 2.99. The lowest BCUT2D eigenvalue weighted by atomic mass is 10.1. The molecule has 1 aromatic carbocycles. The van der Waals surface area contributed by atoms with Crippen LogP contribution in [0.2, 0.25) is 0 Å². The van der Waals surface area contributed by atoms with Crippen molar-refractivity contribution in [3.63, 3.8) is 0 Å². The zero-order valence-corrected chi connectivity index (χ0v) is 14.6. The fourth-order valence-corrected chi connectivity index (χ4v) is 3.65. The Bertz CT molecular complexity index is 917. The molecule has 0 aliphatic carbocycles.